The predicted octanol–water partition coefficient (Wildman–Crippen LogP) is 3.97. The molecule has 130 valence electrons. The molecular formula is C20H22ClN3O. The molecule has 0 saturated heterocycles. The standard InChI is InChI=1S/C20H21N3O.ClH/c1-13-21-18-10-9-16(12-19(18)22-13)20(24)23-17-8-4-7-14-5-2-3-6-15(14)11-17;/h2-3,5-6,9-10,12,17H,4,7-8,11H2,1H3,(H,21,22)(H,23,24);1H/t17-;/m0./s1. The molecule has 3 aromatic rings. The van der Waals surface area contributed by atoms with Gasteiger partial charge in [-0.1, -0.05) is 24.3 Å². The monoisotopic (exact) mass is 355 g/mol. The molecule has 1 amide bonds. The highest BCUT2D eigenvalue weighted by atomic mass is 35.5. The van der Waals surface area contributed by atoms with Crippen LogP contribution in [0.15, 0.2) is 42.5 Å². The number of imidazole rings is 1. The lowest BCUT2D eigenvalue weighted by atomic mass is 10.0. The smallest absolute Gasteiger partial charge is 0.251 e. The highest BCUT2D eigenvalue weighted by molar-refractivity contribution is 5.97. The first-order valence-corrected chi connectivity index (χ1v) is 8.53. The van der Waals surface area contributed by atoms with Crippen LogP contribution in [0.1, 0.15) is 40.2 Å². The van der Waals surface area contributed by atoms with E-state index in [1.165, 1.54) is 11.1 Å². The summed E-state index contributed by atoms with van der Waals surface area (Å²) in [6.45, 7) is 1.92. The minimum absolute atomic E-state index is 0. The van der Waals surface area contributed by atoms with E-state index in [-0.39, 0.29) is 24.4 Å². The van der Waals surface area contributed by atoms with Crippen molar-refractivity contribution in [1.29, 1.82) is 0 Å². The maximum atomic E-state index is 12.6. The second-order valence-electron chi connectivity index (χ2n) is 6.59. The predicted molar refractivity (Wildman–Crippen MR) is 102 cm³/mol. The maximum absolute atomic E-state index is 12.6. The van der Waals surface area contributed by atoms with Gasteiger partial charge in [-0.15, -0.1) is 12.4 Å². The number of halogens is 1. The fourth-order valence-electron chi connectivity index (χ4n) is 3.58. The third-order valence-corrected chi connectivity index (χ3v) is 4.78. The van der Waals surface area contributed by atoms with Crippen molar-refractivity contribution in [3.05, 3.63) is 65.0 Å². The third kappa shape index (κ3) is 3.69. The second-order valence-corrected chi connectivity index (χ2v) is 6.59. The van der Waals surface area contributed by atoms with Gasteiger partial charge < -0.3 is 10.3 Å². The van der Waals surface area contributed by atoms with Gasteiger partial charge in [-0.2, -0.15) is 0 Å². The van der Waals surface area contributed by atoms with Crippen molar-refractivity contribution in [3.8, 4) is 0 Å². The molecular weight excluding hydrogens is 334 g/mol. The molecule has 1 heterocycles. The molecule has 1 aromatic heterocycles. The Morgan fingerprint density at radius 1 is 1.20 bits per heavy atom. The first-order valence-electron chi connectivity index (χ1n) is 8.53. The number of carbonyl (C=O) groups is 1. The summed E-state index contributed by atoms with van der Waals surface area (Å²) >= 11 is 0. The summed E-state index contributed by atoms with van der Waals surface area (Å²) < 4.78 is 0. The van der Waals surface area contributed by atoms with Gasteiger partial charge in [0.05, 0.1) is 11.0 Å². The van der Waals surface area contributed by atoms with Gasteiger partial charge in [0.2, 0.25) is 0 Å². The number of aromatic amines is 1. The Hall–Kier alpha value is -2.33. The van der Waals surface area contributed by atoms with Crippen LogP contribution in [0.2, 0.25) is 0 Å². The van der Waals surface area contributed by atoms with E-state index in [4.69, 9.17) is 0 Å². The largest absolute Gasteiger partial charge is 0.349 e. The van der Waals surface area contributed by atoms with Crippen molar-refractivity contribution in [3.63, 3.8) is 0 Å². The van der Waals surface area contributed by atoms with Gasteiger partial charge in [0, 0.05) is 11.6 Å². The molecule has 2 aromatic carbocycles. The molecule has 0 radical (unpaired) electrons. The average molecular weight is 356 g/mol. The SMILES string of the molecule is Cc1nc2ccc(C(=O)N[C@H]3CCCc4ccccc4C3)cc2[nH]1.Cl. The summed E-state index contributed by atoms with van der Waals surface area (Å²) in [6, 6.07) is 14.4. The highest BCUT2D eigenvalue weighted by Gasteiger charge is 2.19. The van der Waals surface area contributed by atoms with E-state index in [1.807, 2.05) is 25.1 Å². The van der Waals surface area contributed by atoms with Gasteiger partial charge in [-0.3, -0.25) is 4.79 Å². The van der Waals surface area contributed by atoms with Gasteiger partial charge in [0.1, 0.15) is 5.82 Å². The zero-order valence-corrected chi connectivity index (χ0v) is 15.0. The lowest BCUT2D eigenvalue weighted by molar-refractivity contribution is 0.0935. The number of rotatable bonds is 2. The number of hydrogen-bond acceptors (Lipinski definition) is 2. The molecule has 1 atom stereocenters. The molecule has 0 aliphatic heterocycles. The Morgan fingerprint density at radius 3 is 2.84 bits per heavy atom. The number of benzene rings is 2. The van der Waals surface area contributed by atoms with E-state index in [0.717, 1.165) is 42.5 Å². The van der Waals surface area contributed by atoms with Crippen LogP contribution < -0.4 is 5.32 Å². The first-order chi connectivity index (χ1) is 11.7. The summed E-state index contributed by atoms with van der Waals surface area (Å²) in [5, 5.41) is 3.21. The topological polar surface area (TPSA) is 57.8 Å². The third-order valence-electron chi connectivity index (χ3n) is 4.78. The van der Waals surface area contributed by atoms with Crippen molar-refractivity contribution in [2.24, 2.45) is 0 Å². The van der Waals surface area contributed by atoms with E-state index in [9.17, 15) is 4.79 Å². The number of hydrogen-bond donors (Lipinski definition) is 2. The van der Waals surface area contributed by atoms with Crippen molar-refractivity contribution in [2.75, 3.05) is 0 Å². The van der Waals surface area contributed by atoms with Crippen LogP contribution in [0.25, 0.3) is 11.0 Å². The van der Waals surface area contributed by atoms with Crippen LogP contribution in [0, 0.1) is 6.92 Å². The molecule has 1 aliphatic rings. The fourth-order valence-corrected chi connectivity index (χ4v) is 3.58. The van der Waals surface area contributed by atoms with Crippen LogP contribution in [-0.4, -0.2) is 21.9 Å². The van der Waals surface area contributed by atoms with Crippen LogP contribution >= 0.6 is 12.4 Å². The molecule has 4 nitrogen and oxygen atoms in total. The second kappa shape index (κ2) is 7.28. The van der Waals surface area contributed by atoms with Crippen molar-refractivity contribution >= 4 is 29.3 Å². The Morgan fingerprint density at radius 2 is 2.00 bits per heavy atom. The van der Waals surface area contributed by atoms with E-state index in [0.29, 0.717) is 5.56 Å². The molecule has 25 heavy (non-hydrogen) atoms. The number of fused-ring (bicyclic) bond motifs is 2. The Bertz CT molecular complexity index is 903. The van der Waals surface area contributed by atoms with E-state index in [1.54, 1.807) is 0 Å². The lowest BCUT2D eigenvalue weighted by Crippen LogP contribution is -2.36. The van der Waals surface area contributed by atoms with Gasteiger partial charge in [-0.25, -0.2) is 4.98 Å². The number of carbonyl (C=O) groups excluding carboxylic acids is 1. The summed E-state index contributed by atoms with van der Waals surface area (Å²) in [6.07, 6.45) is 4.14. The van der Waals surface area contributed by atoms with Crippen LogP contribution in [0.4, 0.5) is 0 Å². The highest BCUT2D eigenvalue weighted by Crippen LogP contribution is 2.21. The molecule has 2 N–H and O–H groups in total. The van der Waals surface area contributed by atoms with Crippen LogP contribution in [-0.2, 0) is 12.8 Å². The number of nitrogens with zero attached hydrogens (tertiary/aromatic N) is 1. The first kappa shape index (κ1) is 17.5. The van der Waals surface area contributed by atoms with Crippen LogP contribution in [0.3, 0.4) is 0 Å². The molecule has 1 aliphatic carbocycles. The van der Waals surface area contributed by atoms with Crippen LogP contribution in [0.5, 0.6) is 0 Å². The Kier molecular flexibility index (Phi) is 5.09. The number of aromatic nitrogens is 2. The van der Waals surface area contributed by atoms with Crippen molar-refractivity contribution in [1.82, 2.24) is 15.3 Å². The molecule has 0 bridgehead atoms. The summed E-state index contributed by atoms with van der Waals surface area (Å²) in [4.78, 5) is 20.2. The normalized spacial score (nSPS) is 16.6. The van der Waals surface area contributed by atoms with Crippen molar-refractivity contribution in [2.45, 2.75) is 38.6 Å². The molecule has 0 spiro atoms. The molecule has 5 heteroatoms. The lowest BCUT2D eigenvalue weighted by Gasteiger charge is -2.17. The van der Waals surface area contributed by atoms with E-state index < -0.39 is 0 Å². The summed E-state index contributed by atoms with van der Waals surface area (Å²) in [7, 11) is 0. The minimum Gasteiger partial charge on any atom is -0.349 e. The number of H-pyrrole nitrogens is 1. The Labute approximate surface area is 153 Å². The number of aryl methyl sites for hydroxylation is 2. The Balaban J connectivity index is 0.00000182. The molecule has 0 fully saturated rings. The van der Waals surface area contributed by atoms with Gasteiger partial charge in [0.25, 0.3) is 5.91 Å². The summed E-state index contributed by atoms with van der Waals surface area (Å²) in [5.41, 5.74) is 5.27. The van der Waals surface area contributed by atoms with E-state index >= 15 is 0 Å². The maximum Gasteiger partial charge on any atom is 0.251 e. The molecule has 0 saturated carbocycles. The zero-order chi connectivity index (χ0) is 16.5. The van der Waals surface area contributed by atoms with Gasteiger partial charge in [0.15, 0.2) is 0 Å². The fraction of sp³-hybridized carbons (Fsp3) is 0.300. The summed E-state index contributed by atoms with van der Waals surface area (Å²) in [5.74, 6) is 0.858. The number of nitrogens with one attached hydrogen (secondary N) is 2. The zero-order valence-electron chi connectivity index (χ0n) is 14.2. The molecule has 4 rings (SSSR count). The quantitative estimate of drug-likeness (QED) is 0.683. The average Bonchev–Trinajstić information content (AvgIpc) is 2.82. The van der Waals surface area contributed by atoms with Gasteiger partial charge >= 0.3 is 0 Å². The minimum atomic E-state index is -0.00599. The van der Waals surface area contributed by atoms with Crippen molar-refractivity contribution < 1.29 is 4.79 Å². The van der Waals surface area contributed by atoms with E-state index in [2.05, 4.69) is 39.6 Å². The molecule has 0 unspecified atom stereocenters. The van der Waals surface area contributed by atoms with Gasteiger partial charge in [-0.05, 0) is 61.9 Å². The number of amides is 1.